The molecule has 0 bridgehead atoms. The molecule has 1 fully saturated rings. The first-order valence-electron chi connectivity index (χ1n) is 4.66. The zero-order valence-electron chi connectivity index (χ0n) is 8.63. The minimum atomic E-state index is -3.47. The lowest BCUT2D eigenvalue weighted by Crippen LogP contribution is -2.38. The van der Waals surface area contributed by atoms with E-state index >= 15 is 0 Å². The summed E-state index contributed by atoms with van der Waals surface area (Å²) in [6.07, 6.45) is 0. The van der Waals surface area contributed by atoms with Crippen molar-refractivity contribution >= 4 is 37.7 Å². The Morgan fingerprint density at radius 1 is 1.38 bits per heavy atom. The zero-order valence-corrected chi connectivity index (χ0v) is 11.8. The highest BCUT2D eigenvalue weighted by Gasteiger charge is 2.31. The Kier molecular flexibility index (Phi) is 3.57. The summed E-state index contributed by atoms with van der Waals surface area (Å²) in [5, 5.41) is 7.51. The maximum Gasteiger partial charge on any atom is 0.263 e. The van der Waals surface area contributed by atoms with Crippen LogP contribution < -0.4 is 0 Å². The van der Waals surface area contributed by atoms with E-state index in [1.165, 1.54) is 8.99 Å². The third-order valence-corrected chi connectivity index (χ3v) is 6.02. The molecule has 0 spiro atoms. The van der Waals surface area contributed by atoms with Gasteiger partial charge >= 0.3 is 0 Å². The van der Waals surface area contributed by atoms with E-state index in [-0.39, 0.29) is 9.63 Å². The predicted octanol–water partition coefficient (Wildman–Crippen LogP) is 0.315. The molecule has 9 heteroatoms. The molecule has 6 nitrogen and oxygen atoms in total. The molecule has 90 valence electrons. The first kappa shape index (κ1) is 12.3. The molecular formula is C7H11BrN4O2S2. The molecule has 0 aliphatic carbocycles. The van der Waals surface area contributed by atoms with E-state index in [1.54, 1.807) is 18.8 Å². The van der Waals surface area contributed by atoms with Crippen LogP contribution >= 0.6 is 27.7 Å². The molecule has 0 aromatic carbocycles. The van der Waals surface area contributed by atoms with Crippen LogP contribution in [0.25, 0.3) is 0 Å². The van der Waals surface area contributed by atoms with Crippen LogP contribution in [0, 0.1) is 0 Å². The quantitative estimate of drug-likeness (QED) is 0.782. The molecule has 0 N–H and O–H groups in total. The topological polar surface area (TPSA) is 68.1 Å². The van der Waals surface area contributed by atoms with Gasteiger partial charge in [0, 0.05) is 31.6 Å². The molecule has 1 aromatic rings. The van der Waals surface area contributed by atoms with Gasteiger partial charge in [-0.25, -0.2) is 13.1 Å². The van der Waals surface area contributed by atoms with E-state index in [2.05, 4.69) is 26.2 Å². The van der Waals surface area contributed by atoms with Crippen molar-refractivity contribution in [1.29, 1.82) is 0 Å². The minimum absolute atomic E-state index is 0.124. The van der Waals surface area contributed by atoms with Crippen LogP contribution in [0.2, 0.25) is 0 Å². The Bertz CT molecular complexity index is 461. The molecule has 1 aliphatic heterocycles. The standard InChI is InChI=1S/C7H11BrN4O2S2/c1-11-7(6(8)9-10-11)16(13,14)12-2-4-15-5-3-12/h2-5H2,1H3. The summed E-state index contributed by atoms with van der Waals surface area (Å²) in [5.74, 6) is 1.67. The highest BCUT2D eigenvalue weighted by Crippen LogP contribution is 2.24. The Labute approximate surface area is 107 Å². The first-order valence-corrected chi connectivity index (χ1v) is 8.05. The number of sulfonamides is 1. The van der Waals surface area contributed by atoms with Crippen molar-refractivity contribution in [2.45, 2.75) is 5.03 Å². The Balaban J connectivity index is 2.38. The molecule has 0 amide bonds. The Morgan fingerprint density at radius 3 is 2.50 bits per heavy atom. The molecule has 1 aromatic heterocycles. The van der Waals surface area contributed by atoms with Crippen LogP contribution in [0.5, 0.6) is 0 Å². The number of aromatic nitrogens is 3. The third kappa shape index (κ3) is 2.13. The van der Waals surface area contributed by atoms with Crippen LogP contribution in [0.1, 0.15) is 0 Å². The van der Waals surface area contributed by atoms with Crippen LogP contribution in [-0.2, 0) is 17.1 Å². The van der Waals surface area contributed by atoms with E-state index in [0.29, 0.717) is 13.1 Å². The van der Waals surface area contributed by atoms with Gasteiger partial charge in [0.05, 0.1) is 0 Å². The minimum Gasteiger partial charge on any atom is -0.235 e. The number of hydrogen-bond acceptors (Lipinski definition) is 5. The molecule has 2 heterocycles. The van der Waals surface area contributed by atoms with Gasteiger partial charge in [0.1, 0.15) is 0 Å². The molecule has 0 atom stereocenters. The summed E-state index contributed by atoms with van der Waals surface area (Å²) in [5.41, 5.74) is 0. The van der Waals surface area contributed by atoms with Crippen molar-refractivity contribution in [3.05, 3.63) is 4.60 Å². The van der Waals surface area contributed by atoms with Gasteiger partial charge < -0.3 is 0 Å². The van der Waals surface area contributed by atoms with E-state index in [1.807, 2.05) is 0 Å². The summed E-state index contributed by atoms with van der Waals surface area (Å²) in [6, 6.07) is 0. The van der Waals surface area contributed by atoms with Gasteiger partial charge in [0.2, 0.25) is 5.03 Å². The molecule has 0 radical (unpaired) electrons. The SMILES string of the molecule is Cn1nnc(Br)c1S(=O)(=O)N1CCSCC1. The fourth-order valence-corrected chi connectivity index (χ4v) is 5.11. The second-order valence-corrected chi connectivity index (χ2v) is 7.15. The summed E-state index contributed by atoms with van der Waals surface area (Å²) < 4.78 is 27.6. The van der Waals surface area contributed by atoms with Crippen molar-refractivity contribution in [2.24, 2.45) is 7.05 Å². The van der Waals surface area contributed by atoms with Gasteiger partial charge in [0.15, 0.2) is 4.60 Å². The number of nitrogens with zero attached hydrogens (tertiary/aromatic N) is 4. The second-order valence-electron chi connectivity index (χ2n) is 3.33. The van der Waals surface area contributed by atoms with Crippen molar-refractivity contribution in [2.75, 3.05) is 24.6 Å². The lowest BCUT2D eigenvalue weighted by atomic mass is 10.6. The molecule has 1 aliphatic rings. The van der Waals surface area contributed by atoms with E-state index < -0.39 is 10.0 Å². The number of hydrogen-bond donors (Lipinski definition) is 0. The van der Waals surface area contributed by atoms with E-state index in [0.717, 1.165) is 11.5 Å². The fraction of sp³-hybridized carbons (Fsp3) is 0.714. The van der Waals surface area contributed by atoms with Gasteiger partial charge in [-0.3, -0.25) is 0 Å². The van der Waals surface area contributed by atoms with Gasteiger partial charge in [-0.15, -0.1) is 5.10 Å². The lowest BCUT2D eigenvalue weighted by Gasteiger charge is -2.25. The molecular weight excluding hydrogens is 316 g/mol. The summed E-state index contributed by atoms with van der Waals surface area (Å²) in [4.78, 5) is 0. The van der Waals surface area contributed by atoms with Crippen molar-refractivity contribution < 1.29 is 8.42 Å². The van der Waals surface area contributed by atoms with E-state index in [9.17, 15) is 8.42 Å². The molecule has 0 unspecified atom stereocenters. The molecule has 2 rings (SSSR count). The van der Waals surface area contributed by atoms with Gasteiger partial charge in [-0.05, 0) is 15.9 Å². The Morgan fingerprint density at radius 2 is 2.00 bits per heavy atom. The maximum atomic E-state index is 12.3. The second kappa shape index (κ2) is 4.63. The van der Waals surface area contributed by atoms with E-state index in [4.69, 9.17) is 0 Å². The molecule has 0 saturated carbocycles. The van der Waals surface area contributed by atoms with Crippen molar-refractivity contribution in [3.63, 3.8) is 0 Å². The van der Waals surface area contributed by atoms with Crippen LogP contribution in [0.3, 0.4) is 0 Å². The van der Waals surface area contributed by atoms with Crippen LogP contribution in [0.4, 0.5) is 0 Å². The number of aryl methyl sites for hydroxylation is 1. The maximum absolute atomic E-state index is 12.3. The highest BCUT2D eigenvalue weighted by atomic mass is 79.9. The number of thioether (sulfide) groups is 1. The summed E-state index contributed by atoms with van der Waals surface area (Å²) in [7, 11) is -1.90. The van der Waals surface area contributed by atoms with Crippen molar-refractivity contribution in [3.8, 4) is 0 Å². The highest BCUT2D eigenvalue weighted by molar-refractivity contribution is 9.10. The fourth-order valence-electron chi connectivity index (χ4n) is 1.51. The van der Waals surface area contributed by atoms with Gasteiger partial charge in [-0.2, -0.15) is 16.1 Å². The average molecular weight is 327 g/mol. The number of rotatable bonds is 2. The summed E-state index contributed by atoms with van der Waals surface area (Å²) >= 11 is 4.88. The smallest absolute Gasteiger partial charge is 0.235 e. The number of halogens is 1. The van der Waals surface area contributed by atoms with Crippen LogP contribution in [0.15, 0.2) is 9.63 Å². The third-order valence-electron chi connectivity index (χ3n) is 2.29. The normalized spacial score (nSPS) is 18.9. The predicted molar refractivity (Wildman–Crippen MR) is 64.8 cm³/mol. The monoisotopic (exact) mass is 326 g/mol. The zero-order chi connectivity index (χ0) is 11.8. The van der Waals surface area contributed by atoms with Crippen molar-refractivity contribution in [1.82, 2.24) is 19.3 Å². The lowest BCUT2D eigenvalue weighted by molar-refractivity contribution is 0.435. The summed E-state index contributed by atoms with van der Waals surface area (Å²) in [6.45, 7) is 1.09. The molecule has 16 heavy (non-hydrogen) atoms. The van der Waals surface area contributed by atoms with Gasteiger partial charge in [0.25, 0.3) is 10.0 Å². The Hall–Kier alpha value is -0.120. The van der Waals surface area contributed by atoms with Crippen LogP contribution in [-0.4, -0.2) is 52.3 Å². The molecule has 1 saturated heterocycles. The van der Waals surface area contributed by atoms with Gasteiger partial charge in [-0.1, -0.05) is 5.21 Å². The average Bonchev–Trinajstić information content (AvgIpc) is 2.60. The largest absolute Gasteiger partial charge is 0.263 e. The first-order chi connectivity index (χ1) is 7.53.